The van der Waals surface area contributed by atoms with Crippen molar-refractivity contribution in [3.63, 3.8) is 0 Å². The van der Waals surface area contributed by atoms with E-state index in [0.29, 0.717) is 5.88 Å². The van der Waals surface area contributed by atoms with Gasteiger partial charge >= 0.3 is 5.97 Å². The van der Waals surface area contributed by atoms with Gasteiger partial charge in [-0.25, -0.2) is 4.98 Å². The summed E-state index contributed by atoms with van der Waals surface area (Å²) in [5.41, 5.74) is 1.61. The molecule has 0 unspecified atom stereocenters. The van der Waals surface area contributed by atoms with E-state index >= 15 is 0 Å². The highest BCUT2D eigenvalue weighted by atomic mass is 32.1. The molecule has 1 heterocycles. The fourth-order valence-electron chi connectivity index (χ4n) is 0.399. The maximum absolute atomic E-state index is 10.3. The van der Waals surface area contributed by atoms with Crippen molar-refractivity contribution in [2.24, 2.45) is 0 Å². The van der Waals surface area contributed by atoms with Crippen molar-refractivity contribution >= 4 is 17.3 Å². The Balaban J connectivity index is 2.58. The van der Waals surface area contributed by atoms with Crippen LogP contribution in [0.5, 0.6) is 5.88 Å². The van der Waals surface area contributed by atoms with Gasteiger partial charge in [0.15, 0.2) is 0 Å². The molecule has 0 aliphatic carbocycles. The SMILES string of the molecule is CC(=O)Oc1cscn1. The van der Waals surface area contributed by atoms with Gasteiger partial charge in [-0.3, -0.25) is 4.79 Å². The van der Waals surface area contributed by atoms with Gasteiger partial charge in [-0.1, -0.05) is 0 Å². The second kappa shape index (κ2) is 2.59. The Labute approximate surface area is 56.3 Å². The summed E-state index contributed by atoms with van der Waals surface area (Å²) in [5.74, 6) is 0.0494. The second-order valence-electron chi connectivity index (χ2n) is 1.42. The first-order valence-corrected chi connectivity index (χ1v) is 3.30. The average molecular weight is 143 g/mol. The van der Waals surface area contributed by atoms with Crippen LogP contribution in [0.15, 0.2) is 10.9 Å². The lowest BCUT2D eigenvalue weighted by atomic mass is 10.8. The zero-order valence-electron chi connectivity index (χ0n) is 4.83. The molecule has 0 fully saturated rings. The molecule has 0 saturated carbocycles. The summed E-state index contributed by atoms with van der Waals surface area (Å²) in [4.78, 5) is 14.0. The molecular weight excluding hydrogens is 138 g/mol. The monoisotopic (exact) mass is 143 g/mol. The Morgan fingerprint density at radius 1 is 1.89 bits per heavy atom. The number of rotatable bonds is 1. The number of hydrogen-bond donors (Lipinski definition) is 0. The summed E-state index contributed by atoms with van der Waals surface area (Å²) < 4.78 is 4.61. The molecule has 48 valence electrons. The van der Waals surface area contributed by atoms with Crippen LogP contribution in [0.2, 0.25) is 0 Å². The number of esters is 1. The van der Waals surface area contributed by atoms with Gasteiger partial charge in [-0.15, -0.1) is 11.3 Å². The fraction of sp³-hybridized carbons (Fsp3) is 0.200. The van der Waals surface area contributed by atoms with Crippen molar-refractivity contribution in [1.82, 2.24) is 4.98 Å². The first kappa shape index (κ1) is 6.22. The minimum atomic E-state index is -0.332. The molecule has 0 aliphatic heterocycles. The van der Waals surface area contributed by atoms with E-state index in [0.717, 1.165) is 0 Å². The van der Waals surface area contributed by atoms with Gasteiger partial charge in [-0.05, 0) is 0 Å². The fourth-order valence-corrected chi connectivity index (χ4v) is 0.850. The average Bonchev–Trinajstić information content (AvgIpc) is 2.15. The third-order valence-electron chi connectivity index (χ3n) is 0.658. The van der Waals surface area contributed by atoms with E-state index < -0.39 is 0 Å². The lowest BCUT2D eigenvalue weighted by molar-refractivity contribution is -0.132. The normalized spacial score (nSPS) is 9.00. The van der Waals surface area contributed by atoms with E-state index in [9.17, 15) is 4.79 Å². The summed E-state index contributed by atoms with van der Waals surface area (Å²) >= 11 is 1.39. The van der Waals surface area contributed by atoms with E-state index in [1.54, 1.807) is 10.9 Å². The number of thiazole rings is 1. The summed E-state index contributed by atoms with van der Waals surface area (Å²) in [5, 5.41) is 1.67. The van der Waals surface area contributed by atoms with E-state index in [1.807, 2.05) is 0 Å². The third-order valence-corrected chi connectivity index (χ3v) is 1.22. The Bertz CT molecular complexity index is 195. The minimum Gasteiger partial charge on any atom is -0.407 e. The number of carbonyl (C=O) groups excluding carboxylic acids is 1. The molecular formula is C5H5NO2S. The van der Waals surface area contributed by atoms with E-state index in [4.69, 9.17) is 0 Å². The largest absolute Gasteiger partial charge is 0.407 e. The quantitative estimate of drug-likeness (QED) is 0.552. The third kappa shape index (κ3) is 1.81. The Kier molecular flexibility index (Phi) is 1.79. The highest BCUT2D eigenvalue weighted by Gasteiger charge is 1.96. The maximum atomic E-state index is 10.3. The number of hydrogen-bond acceptors (Lipinski definition) is 4. The predicted octanol–water partition coefficient (Wildman–Crippen LogP) is 1.07. The molecule has 0 saturated heterocycles. The topological polar surface area (TPSA) is 39.2 Å². The molecule has 3 nitrogen and oxygen atoms in total. The lowest BCUT2D eigenvalue weighted by Gasteiger charge is -1.90. The smallest absolute Gasteiger partial charge is 0.309 e. The van der Waals surface area contributed by atoms with Crippen LogP contribution < -0.4 is 4.74 Å². The molecule has 9 heavy (non-hydrogen) atoms. The standard InChI is InChI=1S/C5H5NO2S/c1-4(7)8-5-2-9-3-6-5/h2-3H,1H3. The first-order valence-electron chi connectivity index (χ1n) is 2.35. The van der Waals surface area contributed by atoms with Gasteiger partial charge in [0.1, 0.15) is 0 Å². The van der Waals surface area contributed by atoms with Crippen LogP contribution in [0.4, 0.5) is 0 Å². The minimum absolute atomic E-state index is 0.332. The number of ether oxygens (including phenoxy) is 1. The van der Waals surface area contributed by atoms with Gasteiger partial charge in [-0.2, -0.15) is 0 Å². The van der Waals surface area contributed by atoms with Gasteiger partial charge in [0, 0.05) is 6.92 Å². The summed E-state index contributed by atoms with van der Waals surface area (Å²) in [6, 6.07) is 0. The van der Waals surface area contributed by atoms with Crippen molar-refractivity contribution in [3.05, 3.63) is 10.9 Å². The second-order valence-corrected chi connectivity index (χ2v) is 2.14. The van der Waals surface area contributed by atoms with E-state index in [1.165, 1.54) is 18.3 Å². The number of carbonyl (C=O) groups is 1. The van der Waals surface area contributed by atoms with Crippen LogP contribution >= 0.6 is 11.3 Å². The molecule has 0 atom stereocenters. The van der Waals surface area contributed by atoms with Crippen molar-refractivity contribution in [1.29, 1.82) is 0 Å². The van der Waals surface area contributed by atoms with Crippen molar-refractivity contribution in [2.45, 2.75) is 6.92 Å². The molecule has 0 amide bonds. The van der Waals surface area contributed by atoms with Crippen LogP contribution in [0.3, 0.4) is 0 Å². The zero-order valence-corrected chi connectivity index (χ0v) is 5.64. The van der Waals surface area contributed by atoms with Gasteiger partial charge in [0.05, 0.1) is 10.9 Å². The van der Waals surface area contributed by atoms with Gasteiger partial charge < -0.3 is 4.74 Å². The van der Waals surface area contributed by atoms with Crippen LogP contribution in [0.1, 0.15) is 6.92 Å². The van der Waals surface area contributed by atoms with E-state index in [-0.39, 0.29) is 5.97 Å². The predicted molar refractivity (Wildman–Crippen MR) is 33.4 cm³/mol. The van der Waals surface area contributed by atoms with E-state index in [2.05, 4.69) is 9.72 Å². The summed E-state index contributed by atoms with van der Waals surface area (Å²) in [6.07, 6.45) is 0. The lowest BCUT2D eigenvalue weighted by Crippen LogP contribution is -2.00. The van der Waals surface area contributed by atoms with Crippen LogP contribution in [-0.4, -0.2) is 11.0 Å². The molecule has 4 heteroatoms. The Hall–Kier alpha value is -0.900. The highest BCUT2D eigenvalue weighted by Crippen LogP contribution is 2.08. The van der Waals surface area contributed by atoms with Crippen molar-refractivity contribution < 1.29 is 9.53 Å². The Morgan fingerprint density at radius 3 is 3.11 bits per heavy atom. The zero-order chi connectivity index (χ0) is 6.69. The summed E-state index contributed by atoms with van der Waals surface area (Å²) in [6.45, 7) is 1.35. The van der Waals surface area contributed by atoms with Crippen LogP contribution in [0.25, 0.3) is 0 Å². The van der Waals surface area contributed by atoms with Crippen molar-refractivity contribution in [3.8, 4) is 5.88 Å². The summed E-state index contributed by atoms with van der Waals surface area (Å²) in [7, 11) is 0. The molecule has 0 spiro atoms. The molecule has 0 N–H and O–H groups in total. The molecule has 1 aromatic rings. The first-order chi connectivity index (χ1) is 4.29. The van der Waals surface area contributed by atoms with Crippen LogP contribution in [-0.2, 0) is 4.79 Å². The molecule has 0 aromatic carbocycles. The van der Waals surface area contributed by atoms with Crippen LogP contribution in [0, 0.1) is 0 Å². The number of aromatic nitrogens is 1. The molecule has 0 radical (unpaired) electrons. The number of nitrogens with zero attached hydrogens (tertiary/aromatic N) is 1. The Morgan fingerprint density at radius 2 is 2.67 bits per heavy atom. The molecule has 1 rings (SSSR count). The molecule has 1 aromatic heterocycles. The molecule has 0 bridgehead atoms. The van der Waals surface area contributed by atoms with Crippen molar-refractivity contribution in [2.75, 3.05) is 0 Å². The maximum Gasteiger partial charge on any atom is 0.309 e. The van der Waals surface area contributed by atoms with Gasteiger partial charge in [0.2, 0.25) is 5.88 Å². The highest BCUT2D eigenvalue weighted by molar-refractivity contribution is 7.07. The van der Waals surface area contributed by atoms with Gasteiger partial charge in [0.25, 0.3) is 0 Å². The molecule has 0 aliphatic rings.